The molecule has 5 nitrogen and oxygen atoms in total. The van der Waals surface area contributed by atoms with Crippen LogP contribution in [0, 0.1) is 0 Å². The van der Waals surface area contributed by atoms with E-state index in [0.29, 0.717) is 0 Å². The molecule has 9 heteroatoms. The number of thiocarbonyl (C=S) groups is 1. The third kappa shape index (κ3) is 3.95. The molecule has 3 N–H and O–H groups in total. The van der Waals surface area contributed by atoms with Crippen LogP contribution in [0.3, 0.4) is 0 Å². The van der Waals surface area contributed by atoms with Crippen LogP contribution in [0.1, 0.15) is 5.69 Å². The molecular weight excluding hydrogens is 272 g/mol. The summed E-state index contributed by atoms with van der Waals surface area (Å²) in [4.78, 5) is 3.50. The quantitative estimate of drug-likeness (QED) is 0.756. The number of nitrogens with one attached hydrogen (secondary N) is 1. The highest BCUT2D eigenvalue weighted by Crippen LogP contribution is 2.08. The van der Waals surface area contributed by atoms with Gasteiger partial charge < -0.3 is 5.73 Å². The Labute approximate surface area is 102 Å². The molecule has 1 aromatic rings. The molecule has 0 spiro atoms. The Morgan fingerprint density at radius 1 is 1.53 bits per heavy atom. The van der Waals surface area contributed by atoms with Crippen molar-refractivity contribution in [3.8, 4) is 0 Å². The van der Waals surface area contributed by atoms with Crippen LogP contribution in [-0.2, 0) is 10.0 Å². The molecule has 0 saturated heterocycles. The zero-order valence-electron chi connectivity index (χ0n) is 8.43. The number of nitrogens with zero attached hydrogens (tertiary/aromatic N) is 1. The Morgan fingerprint density at radius 2 is 2.18 bits per heavy atom. The van der Waals surface area contributed by atoms with Gasteiger partial charge in [-0.05, 0) is 12.1 Å². The molecule has 0 radical (unpaired) electrons. The van der Waals surface area contributed by atoms with Gasteiger partial charge in [-0.1, -0.05) is 12.2 Å². The molecule has 1 rings (SSSR count). The fraction of sp³-hybridized carbons (Fsp3) is 0.250. The fourth-order valence-electron chi connectivity index (χ4n) is 0.941. The summed E-state index contributed by atoms with van der Waals surface area (Å²) in [6.45, 7) is -0.945. The first-order valence-corrected chi connectivity index (χ1v) is 6.26. The molecule has 0 aromatic carbocycles. The predicted molar refractivity (Wildman–Crippen MR) is 61.3 cm³/mol. The zero-order valence-corrected chi connectivity index (χ0v) is 10.1. The van der Waals surface area contributed by atoms with Crippen molar-refractivity contribution in [1.29, 1.82) is 0 Å². The van der Waals surface area contributed by atoms with Gasteiger partial charge in [0.25, 0.3) is 6.43 Å². The number of nitrogens with two attached hydrogens (primary N) is 1. The standard InChI is InChI=1S/C8H9F2N3O2S2/c9-7(10)4-13-17(14,15)5-1-2-6(8(11)16)12-3-5/h1-3,7,13H,4H2,(H2,11,16). The molecule has 0 bridgehead atoms. The molecule has 94 valence electrons. The minimum absolute atomic E-state index is 0.0227. The number of alkyl halides is 2. The maximum atomic E-state index is 11.9. The number of halogens is 2. The summed E-state index contributed by atoms with van der Waals surface area (Å²) >= 11 is 4.64. The largest absolute Gasteiger partial charge is 0.388 e. The van der Waals surface area contributed by atoms with E-state index in [0.717, 1.165) is 6.20 Å². The second-order valence-corrected chi connectivity index (χ2v) is 5.19. The zero-order chi connectivity index (χ0) is 13.1. The number of sulfonamides is 1. The first kappa shape index (κ1) is 13.9. The van der Waals surface area contributed by atoms with Crippen LogP contribution < -0.4 is 10.5 Å². The van der Waals surface area contributed by atoms with Gasteiger partial charge in [0.15, 0.2) is 0 Å². The number of hydrogen-bond acceptors (Lipinski definition) is 4. The van der Waals surface area contributed by atoms with Crippen molar-refractivity contribution in [2.24, 2.45) is 5.73 Å². The maximum absolute atomic E-state index is 11.9. The molecule has 0 unspecified atom stereocenters. The highest BCUT2D eigenvalue weighted by atomic mass is 32.2. The van der Waals surface area contributed by atoms with Crippen LogP contribution in [0.15, 0.2) is 23.2 Å². The van der Waals surface area contributed by atoms with Gasteiger partial charge >= 0.3 is 0 Å². The van der Waals surface area contributed by atoms with Crippen LogP contribution >= 0.6 is 12.2 Å². The molecule has 0 aliphatic carbocycles. The summed E-state index contributed by atoms with van der Waals surface area (Å²) in [5.74, 6) is 0. The van der Waals surface area contributed by atoms with E-state index in [4.69, 9.17) is 5.73 Å². The Bertz CT molecular complexity index is 502. The molecule has 0 amide bonds. The number of aromatic nitrogens is 1. The molecular formula is C8H9F2N3O2S2. The van der Waals surface area contributed by atoms with E-state index < -0.39 is 23.0 Å². The lowest BCUT2D eigenvalue weighted by molar-refractivity contribution is 0.153. The second kappa shape index (κ2) is 5.43. The van der Waals surface area contributed by atoms with E-state index in [1.165, 1.54) is 12.1 Å². The minimum Gasteiger partial charge on any atom is -0.388 e. The van der Waals surface area contributed by atoms with Crippen LogP contribution in [-0.4, -0.2) is 31.4 Å². The lowest BCUT2D eigenvalue weighted by Crippen LogP contribution is -2.28. The maximum Gasteiger partial charge on any atom is 0.251 e. The van der Waals surface area contributed by atoms with Crippen molar-refractivity contribution in [2.45, 2.75) is 11.3 Å². The molecule has 0 aliphatic rings. The van der Waals surface area contributed by atoms with Gasteiger partial charge in [-0.2, -0.15) is 0 Å². The molecule has 0 saturated carbocycles. The average molecular weight is 281 g/mol. The van der Waals surface area contributed by atoms with Crippen molar-refractivity contribution in [3.63, 3.8) is 0 Å². The van der Waals surface area contributed by atoms with Crippen molar-refractivity contribution in [3.05, 3.63) is 24.0 Å². The predicted octanol–water partition coefficient (Wildman–Crippen LogP) is 0.259. The van der Waals surface area contributed by atoms with Crippen molar-refractivity contribution >= 4 is 27.2 Å². The molecule has 0 fully saturated rings. The van der Waals surface area contributed by atoms with Gasteiger partial charge in [0.05, 0.1) is 12.2 Å². The van der Waals surface area contributed by atoms with Crippen molar-refractivity contribution < 1.29 is 17.2 Å². The highest BCUT2D eigenvalue weighted by molar-refractivity contribution is 7.89. The summed E-state index contributed by atoms with van der Waals surface area (Å²) in [7, 11) is -3.97. The number of pyridine rings is 1. The number of hydrogen-bond donors (Lipinski definition) is 2. The Hall–Kier alpha value is -1.19. The van der Waals surface area contributed by atoms with Gasteiger partial charge in [-0.3, -0.25) is 4.98 Å². The first-order chi connectivity index (χ1) is 7.83. The summed E-state index contributed by atoms with van der Waals surface area (Å²) in [6.07, 6.45) is -1.75. The monoisotopic (exact) mass is 281 g/mol. The van der Waals surface area contributed by atoms with Gasteiger partial charge in [0.2, 0.25) is 10.0 Å². The summed E-state index contributed by atoms with van der Waals surface area (Å²) in [6, 6.07) is 2.49. The van der Waals surface area contributed by atoms with Crippen LogP contribution in [0.25, 0.3) is 0 Å². The lowest BCUT2D eigenvalue weighted by Gasteiger charge is -2.06. The van der Waals surface area contributed by atoms with E-state index in [1.807, 2.05) is 0 Å². The SMILES string of the molecule is NC(=S)c1ccc(S(=O)(=O)NCC(F)F)cn1. The van der Waals surface area contributed by atoms with E-state index in [-0.39, 0.29) is 15.6 Å². The van der Waals surface area contributed by atoms with E-state index >= 15 is 0 Å². The van der Waals surface area contributed by atoms with E-state index in [1.54, 1.807) is 4.72 Å². The first-order valence-electron chi connectivity index (χ1n) is 4.36. The van der Waals surface area contributed by atoms with E-state index in [9.17, 15) is 17.2 Å². The lowest BCUT2D eigenvalue weighted by atomic mass is 10.3. The smallest absolute Gasteiger partial charge is 0.251 e. The highest BCUT2D eigenvalue weighted by Gasteiger charge is 2.16. The van der Waals surface area contributed by atoms with E-state index in [2.05, 4.69) is 17.2 Å². The second-order valence-electron chi connectivity index (χ2n) is 2.99. The van der Waals surface area contributed by atoms with Gasteiger partial charge in [-0.25, -0.2) is 21.9 Å². The van der Waals surface area contributed by atoms with Crippen molar-refractivity contribution in [2.75, 3.05) is 6.54 Å². The van der Waals surface area contributed by atoms with Crippen LogP contribution in [0.2, 0.25) is 0 Å². The third-order valence-corrected chi connectivity index (χ3v) is 3.34. The topological polar surface area (TPSA) is 85.1 Å². The van der Waals surface area contributed by atoms with Crippen LogP contribution in [0.4, 0.5) is 8.78 Å². The Balaban J connectivity index is 2.89. The summed E-state index contributed by atoms with van der Waals surface area (Å²) < 4.78 is 48.4. The van der Waals surface area contributed by atoms with Gasteiger partial charge in [0.1, 0.15) is 9.88 Å². The normalized spacial score (nSPS) is 11.7. The van der Waals surface area contributed by atoms with Gasteiger partial charge in [-0.15, -0.1) is 0 Å². The summed E-state index contributed by atoms with van der Waals surface area (Å²) in [5.41, 5.74) is 5.53. The number of rotatable bonds is 5. The Morgan fingerprint density at radius 3 is 2.59 bits per heavy atom. The average Bonchev–Trinajstić information content (AvgIpc) is 2.27. The molecule has 1 aromatic heterocycles. The minimum atomic E-state index is -3.97. The third-order valence-electron chi connectivity index (χ3n) is 1.73. The van der Waals surface area contributed by atoms with Crippen LogP contribution in [0.5, 0.6) is 0 Å². The Kier molecular flexibility index (Phi) is 4.43. The molecule has 0 atom stereocenters. The van der Waals surface area contributed by atoms with Gasteiger partial charge in [0, 0.05) is 6.20 Å². The summed E-state index contributed by atoms with van der Waals surface area (Å²) in [5, 5.41) is 0. The molecule has 17 heavy (non-hydrogen) atoms. The molecule has 1 heterocycles. The van der Waals surface area contributed by atoms with Crippen molar-refractivity contribution in [1.82, 2.24) is 9.71 Å². The molecule has 0 aliphatic heterocycles. The fourth-order valence-corrected chi connectivity index (χ4v) is 2.01.